The number of rotatable bonds is 6. The molecule has 0 unspecified atom stereocenters. The van der Waals surface area contributed by atoms with Gasteiger partial charge in [-0.1, -0.05) is 11.8 Å². The van der Waals surface area contributed by atoms with Crippen LogP contribution in [0.2, 0.25) is 0 Å². The second-order valence-corrected chi connectivity index (χ2v) is 10.9. The van der Waals surface area contributed by atoms with Crippen LogP contribution in [0.4, 0.5) is 4.39 Å². The number of hydrogen-bond donors (Lipinski definition) is 1. The number of halogens is 1. The van der Waals surface area contributed by atoms with E-state index in [4.69, 9.17) is 9.72 Å². The smallest absolute Gasteiger partial charge is 0.251 e. The van der Waals surface area contributed by atoms with Gasteiger partial charge >= 0.3 is 0 Å². The molecule has 2 aliphatic rings. The second kappa shape index (κ2) is 9.49. The molecule has 0 bridgehead atoms. The Morgan fingerprint density at radius 2 is 1.76 bits per heavy atom. The number of carbonyl (C=O) groups excluding carboxylic acids is 1. The van der Waals surface area contributed by atoms with Gasteiger partial charge < -0.3 is 14.6 Å². The van der Waals surface area contributed by atoms with Gasteiger partial charge in [0.1, 0.15) is 5.82 Å². The highest BCUT2D eigenvalue weighted by atomic mass is 32.2. The Balaban J connectivity index is 1.32. The van der Waals surface area contributed by atoms with E-state index in [9.17, 15) is 17.6 Å². The number of thioether (sulfide) groups is 1. The number of imidazole rings is 1. The van der Waals surface area contributed by atoms with Crippen molar-refractivity contribution >= 4 is 27.7 Å². The molecule has 1 amide bonds. The number of morpholine rings is 1. The highest BCUT2D eigenvalue weighted by Gasteiger charge is 2.27. The number of fused-ring (bicyclic) bond motifs is 1. The molecule has 1 aromatic heterocycles. The Morgan fingerprint density at radius 1 is 1.06 bits per heavy atom. The van der Waals surface area contributed by atoms with Gasteiger partial charge in [-0.05, 0) is 48.5 Å². The van der Waals surface area contributed by atoms with Crippen LogP contribution >= 0.6 is 11.8 Å². The van der Waals surface area contributed by atoms with Crippen molar-refractivity contribution in [3.63, 3.8) is 0 Å². The van der Waals surface area contributed by atoms with Crippen LogP contribution in [0, 0.1) is 5.82 Å². The minimum absolute atomic E-state index is 0.148. The molecule has 34 heavy (non-hydrogen) atoms. The standard InChI is InChI=1S/C23H23FN4O4S2/c24-18-5-1-16(2-6-18)21-20(28-11-14-33-23(28)26-21)15-25-22(29)17-3-7-19(8-4-17)34(30,31)27-9-12-32-13-10-27/h1-8H,9-15H2,(H,25,29). The van der Waals surface area contributed by atoms with Crippen LogP contribution < -0.4 is 5.32 Å². The Labute approximate surface area is 201 Å². The SMILES string of the molecule is O=C(NCc1c(-c2ccc(F)cc2)nc2n1CCS2)c1ccc(S(=O)(=O)N2CCOCC2)cc1. The Bertz CT molecular complexity index is 1300. The number of amides is 1. The minimum Gasteiger partial charge on any atom is -0.379 e. The summed E-state index contributed by atoms with van der Waals surface area (Å²) in [4.78, 5) is 17.7. The van der Waals surface area contributed by atoms with Crippen LogP contribution in [-0.4, -0.2) is 60.2 Å². The highest BCUT2D eigenvalue weighted by molar-refractivity contribution is 7.99. The van der Waals surface area contributed by atoms with E-state index in [1.54, 1.807) is 23.9 Å². The van der Waals surface area contributed by atoms with Gasteiger partial charge in [0.05, 0.1) is 36.0 Å². The summed E-state index contributed by atoms with van der Waals surface area (Å²) in [6, 6.07) is 12.1. The molecule has 0 spiro atoms. The van der Waals surface area contributed by atoms with Gasteiger partial charge in [0.2, 0.25) is 10.0 Å². The van der Waals surface area contributed by atoms with Crippen LogP contribution in [0.5, 0.6) is 0 Å². The van der Waals surface area contributed by atoms with Crippen LogP contribution in [0.25, 0.3) is 11.3 Å². The molecule has 2 aromatic carbocycles. The third-order valence-electron chi connectivity index (χ3n) is 5.84. The molecule has 0 aliphatic carbocycles. The lowest BCUT2D eigenvalue weighted by Gasteiger charge is -2.26. The molecule has 8 nitrogen and oxygen atoms in total. The van der Waals surface area contributed by atoms with E-state index in [1.807, 2.05) is 0 Å². The van der Waals surface area contributed by atoms with Crippen LogP contribution in [-0.2, 0) is 27.8 Å². The van der Waals surface area contributed by atoms with Crippen molar-refractivity contribution in [2.75, 3.05) is 32.1 Å². The lowest BCUT2D eigenvalue weighted by atomic mass is 10.1. The van der Waals surface area contributed by atoms with Crippen LogP contribution in [0.15, 0.2) is 58.6 Å². The first-order chi connectivity index (χ1) is 16.4. The molecule has 1 fully saturated rings. The molecular formula is C23H23FN4O4S2. The van der Waals surface area contributed by atoms with Crippen molar-refractivity contribution in [3.8, 4) is 11.3 Å². The molecule has 178 valence electrons. The lowest BCUT2D eigenvalue weighted by Crippen LogP contribution is -2.40. The van der Waals surface area contributed by atoms with Gasteiger partial charge in [-0.3, -0.25) is 4.79 Å². The van der Waals surface area contributed by atoms with Gasteiger partial charge in [0.15, 0.2) is 5.16 Å². The minimum atomic E-state index is -3.62. The Kier molecular flexibility index (Phi) is 6.43. The van der Waals surface area contributed by atoms with Crippen molar-refractivity contribution in [2.45, 2.75) is 23.1 Å². The first kappa shape index (κ1) is 23.0. The number of ether oxygens (including phenoxy) is 1. The second-order valence-electron chi connectivity index (χ2n) is 7.92. The van der Waals surface area contributed by atoms with Crippen molar-refractivity contribution < 1.29 is 22.3 Å². The van der Waals surface area contributed by atoms with E-state index in [2.05, 4.69) is 9.88 Å². The first-order valence-electron chi connectivity index (χ1n) is 10.9. The van der Waals surface area contributed by atoms with Crippen molar-refractivity contribution in [2.24, 2.45) is 0 Å². The molecular weight excluding hydrogens is 479 g/mol. The predicted octanol–water partition coefficient (Wildman–Crippen LogP) is 2.75. The zero-order valence-corrected chi connectivity index (χ0v) is 19.9. The normalized spacial score (nSPS) is 16.4. The average molecular weight is 503 g/mol. The number of sulfonamides is 1. The largest absolute Gasteiger partial charge is 0.379 e. The monoisotopic (exact) mass is 502 g/mol. The summed E-state index contributed by atoms with van der Waals surface area (Å²) in [6.07, 6.45) is 0. The van der Waals surface area contributed by atoms with Gasteiger partial charge in [-0.15, -0.1) is 0 Å². The fraction of sp³-hybridized carbons (Fsp3) is 0.304. The van der Waals surface area contributed by atoms with Crippen molar-refractivity contribution in [1.82, 2.24) is 19.2 Å². The summed E-state index contributed by atoms with van der Waals surface area (Å²) in [6.45, 7) is 2.40. The zero-order chi connectivity index (χ0) is 23.7. The summed E-state index contributed by atoms with van der Waals surface area (Å²) in [7, 11) is -3.62. The van der Waals surface area contributed by atoms with E-state index in [1.165, 1.54) is 40.7 Å². The highest BCUT2D eigenvalue weighted by Crippen LogP contribution is 2.33. The number of nitrogens with one attached hydrogen (secondary N) is 1. The summed E-state index contributed by atoms with van der Waals surface area (Å²) < 4.78 is 47.6. The number of aromatic nitrogens is 2. The average Bonchev–Trinajstić information content (AvgIpc) is 3.45. The maximum atomic E-state index is 13.4. The van der Waals surface area contributed by atoms with Crippen molar-refractivity contribution in [3.05, 3.63) is 65.6 Å². The zero-order valence-electron chi connectivity index (χ0n) is 18.2. The Morgan fingerprint density at radius 3 is 2.47 bits per heavy atom. The third kappa shape index (κ3) is 4.48. The molecule has 3 aromatic rings. The summed E-state index contributed by atoms with van der Waals surface area (Å²) >= 11 is 1.64. The molecule has 0 atom stereocenters. The van der Waals surface area contributed by atoms with Gasteiger partial charge in [0.25, 0.3) is 5.91 Å². The third-order valence-corrected chi connectivity index (χ3v) is 8.71. The van der Waals surface area contributed by atoms with E-state index >= 15 is 0 Å². The molecule has 11 heteroatoms. The maximum Gasteiger partial charge on any atom is 0.251 e. The molecule has 2 aliphatic heterocycles. The van der Waals surface area contributed by atoms with E-state index in [0.29, 0.717) is 31.9 Å². The van der Waals surface area contributed by atoms with Gasteiger partial charge in [0, 0.05) is 36.5 Å². The summed E-state index contributed by atoms with van der Waals surface area (Å²) in [5, 5.41) is 3.79. The van der Waals surface area contributed by atoms with Crippen molar-refractivity contribution in [1.29, 1.82) is 0 Å². The Hall–Kier alpha value is -2.73. The summed E-state index contributed by atoms with van der Waals surface area (Å²) in [5.41, 5.74) is 2.71. The molecule has 0 radical (unpaired) electrons. The fourth-order valence-corrected chi connectivity index (χ4v) is 6.41. The molecule has 1 saturated heterocycles. The molecule has 1 N–H and O–H groups in total. The molecule has 5 rings (SSSR count). The lowest BCUT2D eigenvalue weighted by molar-refractivity contribution is 0.0730. The van der Waals surface area contributed by atoms with Crippen LogP contribution in [0.1, 0.15) is 16.1 Å². The van der Waals surface area contributed by atoms with Crippen LogP contribution in [0.3, 0.4) is 0 Å². The quantitative estimate of drug-likeness (QED) is 0.557. The molecule has 0 saturated carbocycles. The van der Waals surface area contributed by atoms with Gasteiger partial charge in [-0.2, -0.15) is 4.31 Å². The molecule has 3 heterocycles. The summed E-state index contributed by atoms with van der Waals surface area (Å²) in [5.74, 6) is 0.270. The number of hydrogen-bond acceptors (Lipinski definition) is 6. The topological polar surface area (TPSA) is 93.5 Å². The predicted molar refractivity (Wildman–Crippen MR) is 126 cm³/mol. The maximum absolute atomic E-state index is 13.4. The first-order valence-corrected chi connectivity index (χ1v) is 13.3. The van der Waals surface area contributed by atoms with E-state index in [0.717, 1.165) is 34.4 Å². The van der Waals surface area contributed by atoms with E-state index < -0.39 is 10.0 Å². The number of nitrogens with zero attached hydrogens (tertiary/aromatic N) is 3. The van der Waals surface area contributed by atoms with E-state index in [-0.39, 0.29) is 23.2 Å². The van der Waals surface area contributed by atoms with Gasteiger partial charge in [-0.25, -0.2) is 17.8 Å². The fourth-order valence-electron chi connectivity index (χ4n) is 4.03. The number of carbonyl (C=O) groups is 1. The number of benzene rings is 2.